The first kappa shape index (κ1) is 21.6. The molecule has 0 spiro atoms. The van der Waals surface area contributed by atoms with E-state index in [9.17, 15) is 9.59 Å². The lowest BCUT2D eigenvalue weighted by atomic mass is 9.98. The normalized spacial score (nSPS) is 12.6. The van der Waals surface area contributed by atoms with Gasteiger partial charge in [0.1, 0.15) is 17.2 Å². The Morgan fingerprint density at radius 1 is 1.10 bits per heavy atom. The second-order valence-electron chi connectivity index (χ2n) is 8.19. The zero-order chi connectivity index (χ0) is 21.9. The van der Waals surface area contributed by atoms with Gasteiger partial charge in [-0.2, -0.15) is 0 Å². The number of carbonyl (C=O) groups excluding carboxylic acids is 1. The molecule has 0 saturated heterocycles. The van der Waals surface area contributed by atoms with Crippen molar-refractivity contribution in [2.24, 2.45) is 0 Å². The molecular formula is C24H27NO5. The SMILES string of the molecule is COC[C@H](Nc1ccc2c(-c3ccccc3C)cc(=O)oc2c1)C(=O)OC(C)(C)C. The Morgan fingerprint density at radius 2 is 1.83 bits per heavy atom. The van der Waals surface area contributed by atoms with Crippen molar-refractivity contribution in [2.75, 3.05) is 19.0 Å². The summed E-state index contributed by atoms with van der Waals surface area (Å²) in [4.78, 5) is 24.7. The van der Waals surface area contributed by atoms with Crippen LogP contribution in [0.15, 0.2) is 57.7 Å². The predicted octanol–water partition coefficient (Wildman–Crippen LogP) is 4.54. The number of ether oxygens (including phenoxy) is 2. The highest BCUT2D eigenvalue weighted by atomic mass is 16.6. The van der Waals surface area contributed by atoms with Crippen LogP contribution in [0.1, 0.15) is 26.3 Å². The molecule has 0 saturated carbocycles. The molecule has 3 aromatic rings. The molecule has 1 N–H and O–H groups in total. The monoisotopic (exact) mass is 409 g/mol. The number of benzene rings is 2. The van der Waals surface area contributed by atoms with E-state index in [1.54, 1.807) is 6.07 Å². The minimum atomic E-state index is -0.696. The van der Waals surface area contributed by atoms with Gasteiger partial charge in [0, 0.05) is 35.9 Å². The van der Waals surface area contributed by atoms with Gasteiger partial charge in [-0.25, -0.2) is 9.59 Å². The van der Waals surface area contributed by atoms with E-state index in [-0.39, 0.29) is 6.61 Å². The molecular weight excluding hydrogens is 382 g/mol. The summed E-state index contributed by atoms with van der Waals surface area (Å²) in [6.07, 6.45) is 0. The maximum Gasteiger partial charge on any atom is 0.336 e. The Balaban J connectivity index is 1.98. The number of anilines is 1. The molecule has 0 fully saturated rings. The number of hydrogen-bond donors (Lipinski definition) is 1. The number of methoxy groups -OCH3 is 1. The lowest BCUT2D eigenvalue weighted by molar-refractivity contribution is -0.156. The molecule has 1 heterocycles. The van der Waals surface area contributed by atoms with Gasteiger partial charge < -0.3 is 19.2 Å². The molecule has 6 heteroatoms. The molecule has 2 aromatic carbocycles. The van der Waals surface area contributed by atoms with Gasteiger partial charge in [-0.1, -0.05) is 24.3 Å². The third-order valence-corrected chi connectivity index (χ3v) is 4.55. The van der Waals surface area contributed by atoms with Crippen LogP contribution in [0, 0.1) is 6.92 Å². The average molecular weight is 409 g/mol. The number of aryl methyl sites for hydroxylation is 1. The van der Waals surface area contributed by atoms with Crippen LogP contribution in [0.2, 0.25) is 0 Å². The number of hydrogen-bond acceptors (Lipinski definition) is 6. The van der Waals surface area contributed by atoms with Gasteiger partial charge in [0.25, 0.3) is 0 Å². The van der Waals surface area contributed by atoms with Crippen molar-refractivity contribution >= 4 is 22.6 Å². The molecule has 0 unspecified atom stereocenters. The van der Waals surface area contributed by atoms with Gasteiger partial charge in [-0.3, -0.25) is 0 Å². The summed E-state index contributed by atoms with van der Waals surface area (Å²) in [7, 11) is 1.52. The van der Waals surface area contributed by atoms with Crippen molar-refractivity contribution in [1.29, 1.82) is 0 Å². The van der Waals surface area contributed by atoms with E-state index in [0.717, 1.165) is 22.1 Å². The molecule has 3 rings (SSSR count). The Morgan fingerprint density at radius 3 is 2.50 bits per heavy atom. The second-order valence-corrected chi connectivity index (χ2v) is 8.19. The molecule has 6 nitrogen and oxygen atoms in total. The van der Waals surface area contributed by atoms with E-state index < -0.39 is 23.2 Å². The Kier molecular flexibility index (Phi) is 6.27. The van der Waals surface area contributed by atoms with E-state index in [0.29, 0.717) is 11.3 Å². The number of esters is 1. The smallest absolute Gasteiger partial charge is 0.336 e. The molecule has 1 aromatic heterocycles. The van der Waals surface area contributed by atoms with E-state index in [1.165, 1.54) is 13.2 Å². The topological polar surface area (TPSA) is 77.8 Å². The lowest BCUT2D eigenvalue weighted by Crippen LogP contribution is -2.39. The van der Waals surface area contributed by atoms with Crippen LogP contribution in [0.4, 0.5) is 5.69 Å². The fourth-order valence-electron chi connectivity index (χ4n) is 3.26. The van der Waals surface area contributed by atoms with Crippen molar-refractivity contribution in [2.45, 2.75) is 39.3 Å². The van der Waals surface area contributed by atoms with Gasteiger partial charge in [0.2, 0.25) is 0 Å². The third-order valence-electron chi connectivity index (χ3n) is 4.55. The fraction of sp³-hybridized carbons (Fsp3) is 0.333. The van der Waals surface area contributed by atoms with Crippen LogP contribution < -0.4 is 10.9 Å². The molecule has 0 aliphatic heterocycles. The van der Waals surface area contributed by atoms with Crippen molar-refractivity contribution in [3.63, 3.8) is 0 Å². The first-order valence-electron chi connectivity index (χ1n) is 9.80. The largest absolute Gasteiger partial charge is 0.458 e. The minimum Gasteiger partial charge on any atom is -0.458 e. The zero-order valence-electron chi connectivity index (χ0n) is 17.9. The van der Waals surface area contributed by atoms with Gasteiger partial charge in [-0.05, 0) is 51.0 Å². The van der Waals surface area contributed by atoms with Crippen molar-refractivity contribution in [3.8, 4) is 11.1 Å². The van der Waals surface area contributed by atoms with Crippen LogP contribution >= 0.6 is 0 Å². The molecule has 0 amide bonds. The summed E-state index contributed by atoms with van der Waals surface area (Å²) >= 11 is 0. The molecule has 1 atom stereocenters. The van der Waals surface area contributed by atoms with Crippen LogP contribution in [0.25, 0.3) is 22.1 Å². The second kappa shape index (κ2) is 8.71. The van der Waals surface area contributed by atoms with Crippen molar-refractivity contribution in [1.82, 2.24) is 0 Å². The number of fused-ring (bicyclic) bond motifs is 1. The van der Waals surface area contributed by atoms with Gasteiger partial charge in [0.15, 0.2) is 0 Å². The first-order valence-corrected chi connectivity index (χ1v) is 9.80. The summed E-state index contributed by atoms with van der Waals surface area (Å²) in [6.45, 7) is 7.58. The summed E-state index contributed by atoms with van der Waals surface area (Å²) in [5.74, 6) is -0.417. The maximum atomic E-state index is 12.5. The Labute approximate surface area is 175 Å². The third kappa shape index (κ3) is 5.07. The van der Waals surface area contributed by atoms with E-state index in [1.807, 2.05) is 64.1 Å². The number of nitrogens with one attached hydrogen (secondary N) is 1. The van der Waals surface area contributed by atoms with Gasteiger partial charge in [-0.15, -0.1) is 0 Å². The van der Waals surface area contributed by atoms with E-state index in [4.69, 9.17) is 13.9 Å². The zero-order valence-corrected chi connectivity index (χ0v) is 17.9. The summed E-state index contributed by atoms with van der Waals surface area (Å²) in [5.41, 5.74) is 2.87. The standard InChI is InChI=1S/C24H27NO5/c1-15-8-6-7-9-17(15)19-13-22(26)29-21-12-16(10-11-18(19)21)25-20(14-28-5)23(27)30-24(2,3)4/h6-13,20,25H,14H2,1-5H3/t20-/m0/s1. The molecule has 0 aliphatic carbocycles. The Hall–Kier alpha value is -3.12. The lowest BCUT2D eigenvalue weighted by Gasteiger charge is -2.24. The molecule has 0 aliphatic rings. The van der Waals surface area contributed by atoms with Gasteiger partial charge in [0.05, 0.1) is 6.61 Å². The van der Waals surface area contributed by atoms with Crippen LogP contribution in [0.5, 0.6) is 0 Å². The molecule has 30 heavy (non-hydrogen) atoms. The van der Waals surface area contributed by atoms with Crippen LogP contribution in [0.3, 0.4) is 0 Å². The number of rotatable bonds is 6. The highest BCUT2D eigenvalue weighted by Gasteiger charge is 2.25. The van der Waals surface area contributed by atoms with Gasteiger partial charge >= 0.3 is 11.6 Å². The van der Waals surface area contributed by atoms with Crippen LogP contribution in [-0.2, 0) is 14.3 Å². The molecule has 0 radical (unpaired) electrons. The summed E-state index contributed by atoms with van der Waals surface area (Å²) in [6, 6.07) is 14.1. The first-order chi connectivity index (χ1) is 14.2. The van der Waals surface area contributed by atoms with Crippen LogP contribution in [-0.4, -0.2) is 31.3 Å². The van der Waals surface area contributed by atoms with E-state index in [2.05, 4.69) is 5.32 Å². The number of carbonyl (C=O) groups is 1. The van der Waals surface area contributed by atoms with Crippen molar-refractivity contribution < 1.29 is 18.7 Å². The van der Waals surface area contributed by atoms with Crippen molar-refractivity contribution in [3.05, 3.63) is 64.5 Å². The average Bonchev–Trinajstić information content (AvgIpc) is 2.66. The quantitative estimate of drug-likeness (QED) is 0.476. The molecule has 0 bridgehead atoms. The fourth-order valence-corrected chi connectivity index (χ4v) is 3.26. The Bertz CT molecular complexity index is 1110. The summed E-state index contributed by atoms with van der Waals surface area (Å²) < 4.78 is 16.1. The van der Waals surface area contributed by atoms with E-state index >= 15 is 0 Å². The summed E-state index contributed by atoms with van der Waals surface area (Å²) in [5, 5.41) is 3.94. The minimum absolute atomic E-state index is 0.139. The highest BCUT2D eigenvalue weighted by molar-refractivity contribution is 5.95. The highest BCUT2D eigenvalue weighted by Crippen LogP contribution is 2.31. The maximum absolute atomic E-state index is 12.5. The molecule has 158 valence electrons. The predicted molar refractivity (Wildman–Crippen MR) is 118 cm³/mol.